The first-order valence-corrected chi connectivity index (χ1v) is 8.33. The van der Waals surface area contributed by atoms with E-state index in [2.05, 4.69) is 41.5 Å². The molecule has 0 amide bonds. The normalized spacial score (nSPS) is 57.8. The van der Waals surface area contributed by atoms with Crippen LogP contribution >= 0.6 is 0 Å². The van der Waals surface area contributed by atoms with Gasteiger partial charge in [-0.1, -0.05) is 27.7 Å². The van der Waals surface area contributed by atoms with Crippen LogP contribution in [0.4, 0.5) is 0 Å². The molecule has 1 aliphatic heterocycles. The molecule has 19 heavy (non-hydrogen) atoms. The van der Waals surface area contributed by atoms with E-state index < -0.39 is 0 Å². The van der Waals surface area contributed by atoms with Gasteiger partial charge >= 0.3 is 0 Å². The minimum atomic E-state index is 0.0552. The largest absolute Gasteiger partial charge is 0.367 e. The third kappa shape index (κ3) is 1.12. The molecule has 0 aromatic rings. The zero-order valence-electron chi connectivity index (χ0n) is 13.5. The summed E-state index contributed by atoms with van der Waals surface area (Å²) in [6.07, 6.45) is 5.79. The van der Waals surface area contributed by atoms with Gasteiger partial charge in [-0.3, -0.25) is 0 Å². The molecular formula is C18H30O. The number of hydrogen-bond acceptors (Lipinski definition) is 1. The van der Waals surface area contributed by atoms with E-state index in [9.17, 15) is 0 Å². The Morgan fingerprint density at radius 3 is 2.16 bits per heavy atom. The van der Waals surface area contributed by atoms with E-state index in [1.54, 1.807) is 0 Å². The Morgan fingerprint density at radius 1 is 0.895 bits per heavy atom. The average molecular weight is 262 g/mol. The van der Waals surface area contributed by atoms with Crippen LogP contribution in [0, 0.1) is 34.5 Å². The van der Waals surface area contributed by atoms with Crippen molar-refractivity contribution >= 4 is 0 Å². The number of hydrogen-bond donors (Lipinski definition) is 0. The molecule has 1 nitrogen and oxygen atoms in total. The van der Waals surface area contributed by atoms with E-state index in [0.717, 1.165) is 23.7 Å². The molecule has 4 saturated carbocycles. The Kier molecular flexibility index (Phi) is 2.06. The minimum Gasteiger partial charge on any atom is -0.367 e. The highest BCUT2D eigenvalue weighted by atomic mass is 16.5. The maximum atomic E-state index is 6.99. The van der Waals surface area contributed by atoms with Crippen molar-refractivity contribution in [1.82, 2.24) is 0 Å². The lowest BCUT2D eigenvalue weighted by molar-refractivity contribution is -0.218. The standard InChI is InChI=1S/C18H30O/c1-15(2,3)18-13-8-11-7-12(10-13)17(6,14(18)9-11)16(4,5)19-18/h11-14H,7-10H2,1-6H3. The molecule has 6 unspecified atom stereocenters. The van der Waals surface area contributed by atoms with Gasteiger partial charge in [0.25, 0.3) is 0 Å². The minimum absolute atomic E-state index is 0.0552. The highest BCUT2D eigenvalue weighted by Gasteiger charge is 2.78. The van der Waals surface area contributed by atoms with Gasteiger partial charge in [0.1, 0.15) is 0 Å². The van der Waals surface area contributed by atoms with E-state index in [0.29, 0.717) is 5.41 Å². The summed E-state index contributed by atoms with van der Waals surface area (Å²) >= 11 is 0. The second kappa shape index (κ2) is 3.08. The van der Waals surface area contributed by atoms with Gasteiger partial charge in [0.05, 0.1) is 11.2 Å². The van der Waals surface area contributed by atoms with Crippen molar-refractivity contribution in [2.75, 3.05) is 0 Å². The summed E-state index contributed by atoms with van der Waals surface area (Å²) < 4.78 is 6.99. The molecule has 108 valence electrons. The van der Waals surface area contributed by atoms with E-state index >= 15 is 0 Å². The molecule has 0 spiro atoms. The highest BCUT2D eigenvalue weighted by Crippen LogP contribution is 2.77. The summed E-state index contributed by atoms with van der Waals surface area (Å²) in [5.41, 5.74) is 0.886. The molecule has 6 atom stereocenters. The highest BCUT2D eigenvalue weighted by molar-refractivity contribution is 5.26. The molecule has 5 aliphatic rings. The first-order valence-electron chi connectivity index (χ1n) is 8.33. The Hall–Kier alpha value is -0.0400. The number of ether oxygens (including phenoxy) is 1. The molecule has 6 bridgehead atoms. The Labute approximate surface area is 118 Å². The molecule has 5 fully saturated rings. The van der Waals surface area contributed by atoms with Gasteiger partial charge in [-0.25, -0.2) is 0 Å². The Morgan fingerprint density at radius 2 is 1.53 bits per heavy atom. The summed E-state index contributed by atoms with van der Waals surface area (Å²) in [5.74, 6) is 3.55. The molecule has 5 rings (SSSR count). The van der Waals surface area contributed by atoms with Gasteiger partial charge in [0, 0.05) is 5.41 Å². The van der Waals surface area contributed by atoms with Gasteiger partial charge in [0.15, 0.2) is 0 Å². The van der Waals surface area contributed by atoms with Crippen LogP contribution in [-0.4, -0.2) is 11.2 Å². The summed E-state index contributed by atoms with van der Waals surface area (Å²) in [7, 11) is 0. The fourth-order valence-corrected chi connectivity index (χ4v) is 7.12. The van der Waals surface area contributed by atoms with Gasteiger partial charge in [-0.2, -0.15) is 0 Å². The molecule has 1 heterocycles. The van der Waals surface area contributed by atoms with Crippen molar-refractivity contribution < 1.29 is 4.74 Å². The van der Waals surface area contributed by atoms with Crippen molar-refractivity contribution in [3.8, 4) is 0 Å². The van der Waals surface area contributed by atoms with Crippen molar-refractivity contribution in [3.63, 3.8) is 0 Å². The molecule has 0 radical (unpaired) electrons. The molecule has 4 aliphatic carbocycles. The third-order valence-electron chi connectivity index (χ3n) is 7.96. The van der Waals surface area contributed by atoms with Crippen LogP contribution in [0.5, 0.6) is 0 Å². The lowest BCUT2D eigenvalue weighted by Gasteiger charge is -2.66. The summed E-state index contributed by atoms with van der Waals surface area (Å²) in [4.78, 5) is 0. The summed E-state index contributed by atoms with van der Waals surface area (Å²) in [6, 6.07) is 0. The van der Waals surface area contributed by atoms with Crippen LogP contribution in [0.2, 0.25) is 0 Å². The second-order valence-electron chi connectivity index (χ2n) is 9.69. The van der Waals surface area contributed by atoms with Crippen LogP contribution in [0.3, 0.4) is 0 Å². The predicted molar refractivity (Wildman–Crippen MR) is 77.9 cm³/mol. The molecule has 0 N–H and O–H groups in total. The molecule has 1 heteroatoms. The van der Waals surface area contributed by atoms with Crippen LogP contribution in [0.25, 0.3) is 0 Å². The summed E-state index contributed by atoms with van der Waals surface area (Å²) in [6.45, 7) is 14.6. The zero-order chi connectivity index (χ0) is 13.8. The van der Waals surface area contributed by atoms with Gasteiger partial charge < -0.3 is 4.74 Å². The quantitative estimate of drug-likeness (QED) is 0.617. The van der Waals surface area contributed by atoms with Gasteiger partial charge in [0.2, 0.25) is 0 Å². The Bertz CT molecular complexity index is 431. The first kappa shape index (κ1) is 12.7. The van der Waals surface area contributed by atoms with Crippen LogP contribution < -0.4 is 0 Å². The molecular weight excluding hydrogens is 232 g/mol. The van der Waals surface area contributed by atoms with Gasteiger partial charge in [-0.05, 0) is 68.6 Å². The van der Waals surface area contributed by atoms with E-state index in [1.165, 1.54) is 25.7 Å². The van der Waals surface area contributed by atoms with Crippen molar-refractivity contribution in [2.24, 2.45) is 34.5 Å². The van der Waals surface area contributed by atoms with Crippen LogP contribution in [0.1, 0.15) is 67.2 Å². The second-order valence-corrected chi connectivity index (χ2v) is 9.69. The molecule has 0 aromatic heterocycles. The SMILES string of the molecule is CC(C)(C)C12OC(C)(C)C3(C)C4CC(CC1C4)CC32. The first-order chi connectivity index (χ1) is 8.63. The molecule has 0 aromatic carbocycles. The fraction of sp³-hybridized carbons (Fsp3) is 1.00. The Balaban J connectivity index is 1.95. The fourth-order valence-electron chi connectivity index (χ4n) is 7.12. The topological polar surface area (TPSA) is 9.23 Å². The van der Waals surface area contributed by atoms with Crippen LogP contribution in [0.15, 0.2) is 0 Å². The maximum Gasteiger partial charge on any atom is 0.0800 e. The molecule has 1 saturated heterocycles. The maximum absolute atomic E-state index is 6.99. The van der Waals surface area contributed by atoms with E-state index in [4.69, 9.17) is 4.74 Å². The van der Waals surface area contributed by atoms with E-state index in [-0.39, 0.29) is 16.6 Å². The zero-order valence-corrected chi connectivity index (χ0v) is 13.5. The van der Waals surface area contributed by atoms with Gasteiger partial charge in [-0.15, -0.1) is 0 Å². The van der Waals surface area contributed by atoms with Crippen molar-refractivity contribution in [1.29, 1.82) is 0 Å². The lowest BCUT2D eigenvalue weighted by atomic mass is 9.37. The lowest BCUT2D eigenvalue weighted by Crippen LogP contribution is -2.66. The average Bonchev–Trinajstić information content (AvgIpc) is 2.43. The van der Waals surface area contributed by atoms with Crippen LogP contribution in [-0.2, 0) is 4.74 Å². The van der Waals surface area contributed by atoms with E-state index in [1.807, 2.05) is 0 Å². The third-order valence-corrected chi connectivity index (χ3v) is 7.96. The van der Waals surface area contributed by atoms with Crippen molar-refractivity contribution in [2.45, 2.75) is 78.4 Å². The predicted octanol–water partition coefficient (Wildman–Crippen LogP) is 4.65. The number of rotatable bonds is 0. The monoisotopic (exact) mass is 262 g/mol. The van der Waals surface area contributed by atoms with Crippen molar-refractivity contribution in [3.05, 3.63) is 0 Å². The smallest absolute Gasteiger partial charge is 0.0800 e. The summed E-state index contributed by atoms with van der Waals surface area (Å²) in [5, 5.41) is 0.